The lowest BCUT2D eigenvalue weighted by molar-refractivity contribution is -0.307. The first-order valence-corrected chi connectivity index (χ1v) is 11.2. The van der Waals surface area contributed by atoms with Gasteiger partial charge in [-0.1, -0.05) is 13.3 Å². The molecule has 0 saturated carbocycles. The van der Waals surface area contributed by atoms with E-state index in [-0.39, 0.29) is 30.4 Å². The van der Waals surface area contributed by atoms with E-state index >= 15 is 0 Å². The Bertz CT molecular complexity index is 948. The van der Waals surface area contributed by atoms with Crippen LogP contribution in [0, 0.1) is 0 Å². The Hall–Kier alpha value is -3.07. The number of aryl methyl sites for hydroxylation is 1. The summed E-state index contributed by atoms with van der Waals surface area (Å²) in [6.07, 6.45) is 1.59. The van der Waals surface area contributed by atoms with E-state index in [9.17, 15) is 33.0 Å². The second-order valence-corrected chi connectivity index (χ2v) is 8.57. The van der Waals surface area contributed by atoms with Gasteiger partial charge in [0.1, 0.15) is 6.54 Å². The van der Waals surface area contributed by atoms with Crippen LogP contribution in [0.25, 0.3) is 0 Å². The molecule has 1 aromatic heterocycles. The monoisotopic (exact) mass is 462 g/mol. The van der Waals surface area contributed by atoms with E-state index in [1.54, 1.807) is 6.92 Å². The molecule has 1 aromatic rings. The van der Waals surface area contributed by atoms with Crippen molar-refractivity contribution in [2.24, 2.45) is 16.5 Å². The number of aliphatic carboxylic acids is 1. The van der Waals surface area contributed by atoms with Gasteiger partial charge < -0.3 is 36.8 Å². The second-order valence-electron chi connectivity index (χ2n) is 6.69. The summed E-state index contributed by atoms with van der Waals surface area (Å²) in [4.78, 5) is 41.4. The molecule has 176 valence electrons. The lowest BCUT2D eigenvalue weighted by Gasteiger charge is -2.20. The number of rotatable bonds is 14. The molecule has 15 heteroatoms. The summed E-state index contributed by atoms with van der Waals surface area (Å²) in [6, 6.07) is -1.69. The van der Waals surface area contributed by atoms with Crippen molar-refractivity contribution < 1.29 is 28.2 Å². The molecule has 0 bridgehead atoms. The summed E-state index contributed by atoms with van der Waals surface area (Å²) in [5.74, 6) is -3.34. The van der Waals surface area contributed by atoms with Crippen molar-refractivity contribution in [2.45, 2.75) is 45.2 Å². The molecule has 1 unspecified atom stereocenters. The number of nitrogens with two attached hydrogens (primary N) is 2. The number of aromatic amines is 1. The highest BCUT2D eigenvalue weighted by Gasteiger charge is 2.20. The Kier molecular flexibility index (Phi) is 10.0. The van der Waals surface area contributed by atoms with Crippen LogP contribution in [0.1, 0.15) is 31.9 Å². The molecule has 1 atom stereocenters. The number of nitrogens with zero attached hydrogens (tertiary/aromatic N) is 2. The summed E-state index contributed by atoms with van der Waals surface area (Å²) in [7, 11) is -3.87. The van der Waals surface area contributed by atoms with Gasteiger partial charge in [-0.15, -0.1) is 0 Å². The summed E-state index contributed by atoms with van der Waals surface area (Å²) >= 11 is 0. The molecule has 14 nitrogen and oxygen atoms in total. The van der Waals surface area contributed by atoms with Crippen LogP contribution in [0.3, 0.4) is 0 Å². The maximum Gasteiger partial charge on any atom is 0.329 e. The number of aromatic nitrogens is 2. The molecule has 31 heavy (non-hydrogen) atoms. The summed E-state index contributed by atoms with van der Waals surface area (Å²) in [5.41, 5.74) is 9.84. The van der Waals surface area contributed by atoms with E-state index in [4.69, 9.17) is 11.5 Å². The van der Waals surface area contributed by atoms with Crippen molar-refractivity contribution in [3.05, 3.63) is 16.2 Å². The zero-order valence-electron chi connectivity index (χ0n) is 17.1. The molecular weight excluding hydrogens is 434 g/mol. The number of aromatic hydroxyl groups is 1. The zero-order chi connectivity index (χ0) is 23.6. The topological polar surface area (TPSA) is 238 Å². The number of carboxylic acids is 1. The minimum Gasteiger partial charge on any atom is -0.548 e. The number of hydrogen-bond donors (Lipinski definition) is 6. The van der Waals surface area contributed by atoms with Crippen LogP contribution in [0.4, 0.5) is 0 Å². The molecule has 0 aliphatic carbocycles. The minimum atomic E-state index is -3.87. The van der Waals surface area contributed by atoms with Crippen molar-refractivity contribution in [1.82, 2.24) is 19.6 Å². The molecule has 1 amide bonds. The average Bonchev–Trinajstić information content (AvgIpc) is 2.94. The SMILES string of the molecule is CCCCS(=O)(=O)NC(CNC(=O)Cn1c(O)c(CCCN=C(N)N)[nH]c1=O)C(=O)[O-]. The summed E-state index contributed by atoms with van der Waals surface area (Å²) in [5, 5.41) is 23.5. The number of H-pyrrole nitrogens is 1. The lowest BCUT2D eigenvalue weighted by Crippen LogP contribution is -2.54. The molecule has 0 aliphatic rings. The van der Waals surface area contributed by atoms with E-state index in [1.165, 1.54) is 0 Å². The van der Waals surface area contributed by atoms with Gasteiger partial charge in [0.2, 0.25) is 21.8 Å². The number of carbonyl (C=O) groups excluding carboxylic acids is 2. The highest BCUT2D eigenvalue weighted by atomic mass is 32.2. The van der Waals surface area contributed by atoms with E-state index in [1.807, 2.05) is 4.72 Å². The third kappa shape index (κ3) is 9.08. The molecule has 8 N–H and O–H groups in total. The van der Waals surface area contributed by atoms with Gasteiger partial charge in [0.05, 0.1) is 23.5 Å². The number of imidazole rings is 1. The van der Waals surface area contributed by atoms with Gasteiger partial charge in [-0.2, -0.15) is 0 Å². The molecule has 1 heterocycles. The van der Waals surface area contributed by atoms with Gasteiger partial charge in [-0.3, -0.25) is 14.4 Å². The fourth-order valence-corrected chi connectivity index (χ4v) is 3.89. The fourth-order valence-electron chi connectivity index (χ4n) is 2.50. The second kappa shape index (κ2) is 11.9. The Balaban J connectivity index is 2.69. The van der Waals surface area contributed by atoms with Crippen LogP contribution >= 0.6 is 0 Å². The molecule has 1 rings (SSSR count). The van der Waals surface area contributed by atoms with E-state index in [2.05, 4.69) is 15.3 Å². The van der Waals surface area contributed by atoms with E-state index in [0.29, 0.717) is 19.3 Å². The first kappa shape index (κ1) is 26.0. The quantitative estimate of drug-likeness (QED) is 0.0896. The van der Waals surface area contributed by atoms with Crippen molar-refractivity contribution in [3.63, 3.8) is 0 Å². The predicted octanol–water partition coefficient (Wildman–Crippen LogP) is -3.96. The first-order valence-electron chi connectivity index (χ1n) is 9.50. The predicted molar refractivity (Wildman–Crippen MR) is 109 cm³/mol. The Morgan fingerprint density at radius 2 is 2.00 bits per heavy atom. The molecule has 0 aliphatic heterocycles. The number of guanidine groups is 1. The number of amides is 1. The van der Waals surface area contributed by atoms with E-state index in [0.717, 1.165) is 4.57 Å². The minimum absolute atomic E-state index is 0.0884. The Labute approximate surface area is 178 Å². The molecule has 0 spiro atoms. The van der Waals surface area contributed by atoms with Crippen molar-refractivity contribution >= 4 is 27.9 Å². The van der Waals surface area contributed by atoms with Crippen LogP contribution in [-0.4, -0.2) is 65.8 Å². The number of aliphatic imine (C=N–C) groups is 1. The number of sulfonamides is 1. The third-order valence-corrected chi connectivity index (χ3v) is 5.56. The number of hydrogen-bond acceptors (Lipinski definition) is 8. The van der Waals surface area contributed by atoms with Crippen LogP contribution in [-0.2, 0) is 32.6 Å². The molecule has 0 saturated heterocycles. The fraction of sp³-hybridized carbons (Fsp3) is 0.625. The van der Waals surface area contributed by atoms with Gasteiger partial charge in [-0.05, 0) is 19.3 Å². The first-order chi connectivity index (χ1) is 14.5. The molecule has 0 fully saturated rings. The Morgan fingerprint density at radius 1 is 1.32 bits per heavy atom. The van der Waals surface area contributed by atoms with Gasteiger partial charge in [-0.25, -0.2) is 17.9 Å². The number of unbranched alkanes of at least 4 members (excludes halogenated alkanes) is 1. The molecule has 0 radical (unpaired) electrons. The standard InChI is InChI=1S/C16H29N7O7S/c1-2-3-7-31(29,30)22-11(14(26)27)8-20-12(24)9-23-13(25)10(21-16(23)28)5-4-6-19-15(17)18/h11,22,25H,2-9H2,1H3,(H,20,24)(H,21,28)(H,26,27)(H4,17,18,19)/p-1. The maximum atomic E-state index is 12.1. The molecular formula is C16H28N7O7S-. The van der Waals surface area contributed by atoms with Gasteiger partial charge in [0.15, 0.2) is 5.96 Å². The number of carbonyl (C=O) groups is 2. The molecule has 0 aromatic carbocycles. The van der Waals surface area contributed by atoms with Gasteiger partial charge in [0, 0.05) is 13.1 Å². The average molecular weight is 463 g/mol. The number of nitrogens with one attached hydrogen (secondary N) is 3. The van der Waals surface area contributed by atoms with Crippen LogP contribution in [0.15, 0.2) is 9.79 Å². The zero-order valence-corrected chi connectivity index (χ0v) is 17.9. The largest absolute Gasteiger partial charge is 0.548 e. The highest BCUT2D eigenvalue weighted by molar-refractivity contribution is 7.89. The van der Waals surface area contributed by atoms with E-state index < -0.39 is 52.6 Å². The van der Waals surface area contributed by atoms with Crippen LogP contribution in [0.5, 0.6) is 5.88 Å². The van der Waals surface area contributed by atoms with Gasteiger partial charge >= 0.3 is 5.69 Å². The van der Waals surface area contributed by atoms with Crippen molar-refractivity contribution in [3.8, 4) is 5.88 Å². The summed E-state index contributed by atoms with van der Waals surface area (Å²) < 4.78 is 26.4. The third-order valence-electron chi connectivity index (χ3n) is 4.09. The lowest BCUT2D eigenvalue weighted by atomic mass is 10.2. The normalized spacial score (nSPS) is 12.3. The summed E-state index contributed by atoms with van der Waals surface area (Å²) in [6.45, 7) is 0.837. The van der Waals surface area contributed by atoms with Crippen LogP contribution in [0.2, 0.25) is 0 Å². The van der Waals surface area contributed by atoms with Crippen molar-refractivity contribution in [1.29, 1.82) is 0 Å². The smallest absolute Gasteiger partial charge is 0.329 e. The van der Waals surface area contributed by atoms with Crippen molar-refractivity contribution in [2.75, 3.05) is 18.8 Å². The Morgan fingerprint density at radius 3 is 2.58 bits per heavy atom. The number of carboxylic acid groups (broad SMARTS) is 1. The van der Waals surface area contributed by atoms with Crippen LogP contribution < -0.4 is 32.3 Å². The maximum absolute atomic E-state index is 12.1. The van der Waals surface area contributed by atoms with Gasteiger partial charge in [0.25, 0.3) is 0 Å². The highest BCUT2D eigenvalue weighted by Crippen LogP contribution is 2.14.